The van der Waals surface area contributed by atoms with Crippen LogP contribution in [0.1, 0.15) is 11.3 Å². The highest BCUT2D eigenvalue weighted by molar-refractivity contribution is 5.85. The summed E-state index contributed by atoms with van der Waals surface area (Å²) < 4.78 is 13.6. The smallest absolute Gasteiger partial charge is 0.138 e. The number of hydrogen-bond acceptors (Lipinski definition) is 8. The second-order valence-electron chi connectivity index (χ2n) is 8.78. The normalized spacial score (nSPS) is 13.3. The Labute approximate surface area is 209 Å². The maximum Gasteiger partial charge on any atom is 0.138 e. The molecule has 180 valence electrons. The number of hydrogen-bond donors (Lipinski definition) is 0. The lowest BCUT2D eigenvalue weighted by Gasteiger charge is -2.39. The first-order valence-electron chi connectivity index (χ1n) is 11.5. The van der Waals surface area contributed by atoms with Gasteiger partial charge in [-0.3, -0.25) is 0 Å². The Morgan fingerprint density at radius 2 is 1.97 bits per heavy atom. The van der Waals surface area contributed by atoms with Crippen molar-refractivity contribution in [1.29, 1.82) is 5.26 Å². The first-order valence-corrected chi connectivity index (χ1v) is 11.5. The van der Waals surface area contributed by atoms with E-state index in [2.05, 4.69) is 36.9 Å². The van der Waals surface area contributed by atoms with E-state index in [4.69, 9.17) is 15.9 Å². The van der Waals surface area contributed by atoms with Gasteiger partial charge in [-0.1, -0.05) is 5.92 Å². The fourth-order valence-electron chi connectivity index (χ4n) is 3.98. The van der Waals surface area contributed by atoms with E-state index in [0.717, 1.165) is 42.1 Å². The summed E-state index contributed by atoms with van der Waals surface area (Å²) in [5, 5.41) is 13.9. The number of terminal acetylenes is 1. The van der Waals surface area contributed by atoms with Gasteiger partial charge in [-0.25, -0.2) is 14.5 Å². The molecule has 1 aliphatic heterocycles. The maximum absolute atomic E-state index is 9.59. The second kappa shape index (κ2) is 9.95. The first-order chi connectivity index (χ1) is 17.5. The van der Waals surface area contributed by atoms with Crippen LogP contribution in [0.3, 0.4) is 0 Å². The Morgan fingerprint density at radius 3 is 2.64 bits per heavy atom. The van der Waals surface area contributed by atoms with Crippen LogP contribution in [0, 0.1) is 23.7 Å². The van der Waals surface area contributed by atoms with E-state index >= 15 is 0 Å². The molecular weight excluding hydrogens is 454 g/mol. The van der Waals surface area contributed by atoms with Gasteiger partial charge in [0.15, 0.2) is 0 Å². The Balaban J connectivity index is 1.31. The minimum atomic E-state index is 0.0607. The number of ether oxygens (including phenoxy) is 2. The topological polar surface area (TPSA) is 91.8 Å². The largest absolute Gasteiger partial charge is 0.491 e. The molecule has 0 radical (unpaired) electrons. The van der Waals surface area contributed by atoms with E-state index in [0.29, 0.717) is 29.4 Å². The van der Waals surface area contributed by atoms with Crippen molar-refractivity contribution in [2.75, 3.05) is 45.2 Å². The fourth-order valence-corrected chi connectivity index (χ4v) is 3.98. The summed E-state index contributed by atoms with van der Waals surface area (Å²) in [6, 6.07) is 11.8. The number of aromatic nitrogens is 4. The van der Waals surface area contributed by atoms with Gasteiger partial charge < -0.3 is 19.3 Å². The summed E-state index contributed by atoms with van der Waals surface area (Å²) in [6.07, 6.45) is 12.2. The molecule has 0 unspecified atom stereocenters. The standard InChI is InChI=1S/C27H25N7O2/c1-4-21-6-7-22(15-29-21)36-24-16-33(17-24)26-8-5-19(13-30-26)25-11-23(35-10-9-32(2)3)18-34-27(25)20(12-28)14-31-34/h1,5-8,11,13-15,18,24H,9-10,16-17H2,2-3H3. The fraction of sp³-hybridized carbons (Fsp3) is 0.259. The predicted molar refractivity (Wildman–Crippen MR) is 136 cm³/mol. The van der Waals surface area contributed by atoms with Crippen LogP contribution in [0.15, 0.2) is 55.1 Å². The minimum Gasteiger partial charge on any atom is -0.491 e. The van der Waals surface area contributed by atoms with E-state index < -0.39 is 0 Å². The van der Waals surface area contributed by atoms with Gasteiger partial charge in [0.2, 0.25) is 0 Å². The zero-order valence-electron chi connectivity index (χ0n) is 20.1. The third kappa shape index (κ3) is 4.78. The molecule has 4 aromatic rings. The predicted octanol–water partition coefficient (Wildman–Crippen LogP) is 2.85. The molecule has 0 N–H and O–H groups in total. The van der Waals surface area contributed by atoms with Crippen LogP contribution in [-0.2, 0) is 0 Å². The second-order valence-corrected chi connectivity index (χ2v) is 8.78. The first kappa shape index (κ1) is 23.2. The summed E-state index contributed by atoms with van der Waals surface area (Å²) in [5.41, 5.74) is 3.54. The van der Waals surface area contributed by atoms with Gasteiger partial charge in [-0.15, -0.1) is 6.42 Å². The van der Waals surface area contributed by atoms with Crippen LogP contribution in [0.4, 0.5) is 5.82 Å². The minimum absolute atomic E-state index is 0.0607. The number of rotatable bonds is 8. The van der Waals surface area contributed by atoms with Crippen LogP contribution in [-0.4, -0.2) is 70.9 Å². The van der Waals surface area contributed by atoms with E-state index in [1.54, 1.807) is 29.2 Å². The van der Waals surface area contributed by atoms with Crippen molar-refractivity contribution in [3.8, 4) is 41.0 Å². The molecule has 9 heteroatoms. The zero-order valence-corrected chi connectivity index (χ0v) is 20.1. The Bertz CT molecular complexity index is 1440. The Kier molecular flexibility index (Phi) is 6.40. The lowest BCUT2D eigenvalue weighted by molar-refractivity contribution is 0.166. The highest BCUT2D eigenvalue weighted by Crippen LogP contribution is 2.32. The molecule has 5 rings (SSSR count). The van der Waals surface area contributed by atoms with Crippen LogP contribution in [0.5, 0.6) is 11.5 Å². The van der Waals surface area contributed by atoms with Crippen molar-refractivity contribution < 1.29 is 9.47 Å². The number of anilines is 1. The number of likely N-dealkylation sites (N-methyl/N-ethyl adjacent to an activating group) is 1. The molecule has 9 nitrogen and oxygen atoms in total. The number of nitrogens with zero attached hydrogens (tertiary/aromatic N) is 7. The Hall–Kier alpha value is -4.60. The van der Waals surface area contributed by atoms with Crippen LogP contribution >= 0.6 is 0 Å². The van der Waals surface area contributed by atoms with Crippen molar-refractivity contribution in [3.05, 3.63) is 66.4 Å². The van der Waals surface area contributed by atoms with E-state index in [1.807, 2.05) is 44.6 Å². The summed E-state index contributed by atoms with van der Waals surface area (Å²) in [7, 11) is 4.00. The molecule has 0 spiro atoms. The van der Waals surface area contributed by atoms with Crippen LogP contribution in [0.2, 0.25) is 0 Å². The highest BCUT2D eigenvalue weighted by Gasteiger charge is 2.29. The molecule has 0 bridgehead atoms. The van der Waals surface area contributed by atoms with Crippen LogP contribution in [0.25, 0.3) is 16.6 Å². The molecule has 0 aliphatic carbocycles. The van der Waals surface area contributed by atoms with E-state index in [1.165, 1.54) is 0 Å². The van der Waals surface area contributed by atoms with Crippen molar-refractivity contribution in [2.24, 2.45) is 0 Å². The van der Waals surface area contributed by atoms with Crippen molar-refractivity contribution >= 4 is 11.3 Å². The summed E-state index contributed by atoms with van der Waals surface area (Å²) in [5.74, 6) is 4.75. The molecule has 1 saturated heterocycles. The lowest BCUT2D eigenvalue weighted by atomic mass is 10.0. The van der Waals surface area contributed by atoms with Crippen molar-refractivity contribution in [1.82, 2.24) is 24.5 Å². The summed E-state index contributed by atoms with van der Waals surface area (Å²) >= 11 is 0. The van der Waals surface area contributed by atoms with Gasteiger partial charge in [0.1, 0.15) is 41.8 Å². The molecule has 0 amide bonds. The van der Waals surface area contributed by atoms with Crippen molar-refractivity contribution in [3.63, 3.8) is 0 Å². The molecule has 1 fully saturated rings. The SMILES string of the molecule is C#Cc1ccc(OC2CN(c3ccc(-c4cc(OCCN(C)C)cn5ncc(C#N)c45)cn3)C2)cn1. The average Bonchev–Trinajstić information content (AvgIpc) is 3.29. The highest BCUT2D eigenvalue weighted by atomic mass is 16.5. The van der Waals surface area contributed by atoms with Gasteiger partial charge >= 0.3 is 0 Å². The van der Waals surface area contributed by atoms with E-state index in [-0.39, 0.29) is 6.10 Å². The molecule has 36 heavy (non-hydrogen) atoms. The average molecular weight is 480 g/mol. The number of nitriles is 1. The lowest BCUT2D eigenvalue weighted by Crippen LogP contribution is -2.54. The molecule has 0 saturated carbocycles. The molecule has 4 aromatic heterocycles. The summed E-state index contributed by atoms with van der Waals surface area (Å²) in [4.78, 5) is 13.0. The number of fused-ring (bicyclic) bond motifs is 1. The van der Waals surface area contributed by atoms with Gasteiger partial charge in [-0.05, 0) is 44.4 Å². The number of pyridine rings is 3. The van der Waals surface area contributed by atoms with Crippen molar-refractivity contribution in [2.45, 2.75) is 6.10 Å². The zero-order chi connectivity index (χ0) is 25.1. The van der Waals surface area contributed by atoms with E-state index in [9.17, 15) is 5.26 Å². The molecule has 1 aliphatic rings. The Morgan fingerprint density at radius 1 is 1.11 bits per heavy atom. The maximum atomic E-state index is 9.59. The molecular formula is C27H25N7O2. The van der Waals surface area contributed by atoms with Gasteiger partial charge in [0.05, 0.1) is 42.8 Å². The van der Waals surface area contributed by atoms with Gasteiger partial charge in [-0.2, -0.15) is 10.4 Å². The van der Waals surface area contributed by atoms with Gasteiger partial charge in [0.25, 0.3) is 0 Å². The molecule has 5 heterocycles. The monoisotopic (exact) mass is 479 g/mol. The summed E-state index contributed by atoms with van der Waals surface area (Å²) in [6.45, 7) is 2.79. The van der Waals surface area contributed by atoms with Crippen LogP contribution < -0.4 is 14.4 Å². The third-order valence-corrected chi connectivity index (χ3v) is 5.93. The molecule has 0 atom stereocenters. The quantitative estimate of drug-likeness (QED) is 0.356. The van der Waals surface area contributed by atoms with Gasteiger partial charge in [0, 0.05) is 23.9 Å². The molecule has 0 aromatic carbocycles. The third-order valence-electron chi connectivity index (χ3n) is 5.93.